The summed E-state index contributed by atoms with van der Waals surface area (Å²) in [7, 11) is 0. The lowest BCUT2D eigenvalue weighted by atomic mass is 9.99. The standard InChI is InChI=1S/C53H82O10/c1-3-5-7-9-11-13-15-17-19-21-23-25-27-29-31-33-35-37-39-41-48(55)60-44-46(45-61-53-52(59)51(58)50(57)47(43-54)63-53)62-49(56)42-40-38-36-34-32-30-28-26-24-22-20-18-16-14-12-10-8-6-4-2/h5,7,11-14,17-20,23-26,29-32,35,37,46-47,50-54,57-59H,3-4,6,8-10,15-16,21-22,27-28,33-34,36,38-45H2,1-2H3/b7-5+,13-11+,14-12+,19-17+,20-18+,25-23+,26-24+,31-29+,32-30+,37-35+/t46-,47-,50+,51?,52?,53-/m0/s1. The van der Waals surface area contributed by atoms with Crippen LogP contribution in [0.5, 0.6) is 0 Å². The molecule has 4 N–H and O–H groups in total. The van der Waals surface area contributed by atoms with Gasteiger partial charge in [-0.05, 0) is 96.3 Å². The summed E-state index contributed by atoms with van der Waals surface area (Å²) in [6.07, 6.45) is 52.1. The third-order valence-corrected chi connectivity index (χ3v) is 9.84. The Kier molecular flexibility index (Phi) is 38.1. The van der Waals surface area contributed by atoms with Crippen LogP contribution in [0.4, 0.5) is 0 Å². The van der Waals surface area contributed by atoms with Crippen LogP contribution in [0.15, 0.2) is 122 Å². The second-order valence-electron chi connectivity index (χ2n) is 15.5. The minimum atomic E-state index is -1.62. The molecule has 1 aliphatic heterocycles. The molecule has 1 fully saturated rings. The van der Waals surface area contributed by atoms with Crippen LogP contribution in [0.25, 0.3) is 0 Å². The van der Waals surface area contributed by atoms with Crippen molar-refractivity contribution in [3.63, 3.8) is 0 Å². The van der Waals surface area contributed by atoms with Gasteiger partial charge in [0.15, 0.2) is 12.4 Å². The van der Waals surface area contributed by atoms with E-state index in [-0.39, 0.29) is 26.1 Å². The molecule has 0 radical (unpaired) electrons. The molecule has 63 heavy (non-hydrogen) atoms. The summed E-state index contributed by atoms with van der Waals surface area (Å²) in [4.78, 5) is 25.3. The highest BCUT2D eigenvalue weighted by Crippen LogP contribution is 2.22. The van der Waals surface area contributed by atoms with Crippen LogP contribution < -0.4 is 0 Å². The quantitative estimate of drug-likeness (QED) is 0.0270. The molecule has 0 aromatic carbocycles. The van der Waals surface area contributed by atoms with Crippen molar-refractivity contribution in [1.82, 2.24) is 0 Å². The summed E-state index contributed by atoms with van der Waals surface area (Å²) in [6.45, 7) is 3.15. The van der Waals surface area contributed by atoms with Crippen LogP contribution in [0.2, 0.25) is 0 Å². The molecule has 0 spiro atoms. The Morgan fingerprint density at radius 2 is 0.968 bits per heavy atom. The zero-order chi connectivity index (χ0) is 45.9. The van der Waals surface area contributed by atoms with Crippen LogP contribution in [0.1, 0.15) is 142 Å². The van der Waals surface area contributed by atoms with Crippen molar-refractivity contribution in [2.75, 3.05) is 19.8 Å². The molecule has 1 heterocycles. The number of esters is 2. The number of hydrogen-bond acceptors (Lipinski definition) is 10. The molecule has 1 saturated heterocycles. The zero-order valence-electron chi connectivity index (χ0n) is 38.5. The van der Waals surface area contributed by atoms with Gasteiger partial charge in [0.05, 0.1) is 13.2 Å². The van der Waals surface area contributed by atoms with Crippen LogP contribution >= 0.6 is 0 Å². The Balaban J connectivity index is 2.41. The molecule has 0 bridgehead atoms. The molecule has 2 unspecified atom stereocenters. The maximum absolute atomic E-state index is 12.8. The van der Waals surface area contributed by atoms with Crippen molar-refractivity contribution in [1.29, 1.82) is 0 Å². The summed E-state index contributed by atoms with van der Waals surface area (Å²) < 4.78 is 22.1. The summed E-state index contributed by atoms with van der Waals surface area (Å²) in [5.41, 5.74) is 0. The average Bonchev–Trinajstić information content (AvgIpc) is 3.28. The normalized spacial score (nSPS) is 20.6. The van der Waals surface area contributed by atoms with Gasteiger partial charge in [0, 0.05) is 12.8 Å². The fraction of sp³-hybridized carbons (Fsp3) is 0.585. The SMILES string of the molecule is CC/C=C/C/C=C/C/C=C/C/C=C/C/C=C/C/C=C/CCC(=O)OC[C@@H](CO[C@H]1O[C@@H](CO)[C@@H](O)C(O)C1O)OC(=O)CCCCC/C=C/C/C=C/C/C=C/C/C=C/CCCCC. The van der Waals surface area contributed by atoms with Gasteiger partial charge in [-0.25, -0.2) is 0 Å². The van der Waals surface area contributed by atoms with E-state index in [4.69, 9.17) is 18.9 Å². The van der Waals surface area contributed by atoms with E-state index in [1.807, 2.05) is 12.2 Å². The molecule has 354 valence electrons. The van der Waals surface area contributed by atoms with E-state index in [2.05, 4.69) is 123 Å². The summed E-state index contributed by atoms with van der Waals surface area (Å²) in [6, 6.07) is 0. The Bertz CT molecular complexity index is 1430. The highest BCUT2D eigenvalue weighted by Gasteiger charge is 2.44. The van der Waals surface area contributed by atoms with Gasteiger partial charge in [-0.15, -0.1) is 0 Å². The highest BCUT2D eigenvalue weighted by atomic mass is 16.7. The number of aliphatic hydroxyl groups excluding tert-OH is 4. The number of unbranched alkanes of at least 4 members (excludes halogenated alkanes) is 6. The first-order chi connectivity index (χ1) is 30.8. The first-order valence-corrected chi connectivity index (χ1v) is 23.6. The molecule has 10 heteroatoms. The maximum atomic E-state index is 12.8. The van der Waals surface area contributed by atoms with Gasteiger partial charge in [-0.3, -0.25) is 9.59 Å². The van der Waals surface area contributed by atoms with Crippen molar-refractivity contribution in [2.45, 2.75) is 179 Å². The third-order valence-electron chi connectivity index (χ3n) is 9.84. The largest absolute Gasteiger partial charge is 0.462 e. The van der Waals surface area contributed by atoms with Gasteiger partial charge < -0.3 is 39.4 Å². The van der Waals surface area contributed by atoms with E-state index in [1.54, 1.807) is 0 Å². The Hall–Kier alpha value is -3.90. The molecule has 0 aromatic heterocycles. The number of hydrogen-bond donors (Lipinski definition) is 4. The summed E-state index contributed by atoms with van der Waals surface area (Å²) in [5.74, 6) is -0.954. The molecule has 0 amide bonds. The molecule has 10 nitrogen and oxygen atoms in total. The number of carbonyl (C=O) groups is 2. The fourth-order valence-electron chi connectivity index (χ4n) is 6.14. The Morgan fingerprint density at radius 3 is 1.44 bits per heavy atom. The van der Waals surface area contributed by atoms with Crippen LogP contribution in [0, 0.1) is 0 Å². The number of rotatable bonds is 37. The monoisotopic (exact) mass is 879 g/mol. The van der Waals surface area contributed by atoms with Crippen molar-refractivity contribution < 1.29 is 49.0 Å². The van der Waals surface area contributed by atoms with E-state index in [0.29, 0.717) is 12.8 Å². The number of aliphatic hydroxyl groups is 4. The molecule has 0 saturated carbocycles. The van der Waals surface area contributed by atoms with Crippen LogP contribution in [-0.2, 0) is 28.5 Å². The zero-order valence-corrected chi connectivity index (χ0v) is 38.5. The van der Waals surface area contributed by atoms with Gasteiger partial charge in [0.1, 0.15) is 31.0 Å². The second kappa shape index (κ2) is 42.1. The minimum absolute atomic E-state index is 0.135. The lowest BCUT2D eigenvalue weighted by Gasteiger charge is -2.39. The molecular formula is C53H82O10. The molecule has 6 atom stereocenters. The van der Waals surface area contributed by atoms with E-state index >= 15 is 0 Å². The second-order valence-corrected chi connectivity index (χ2v) is 15.5. The third kappa shape index (κ3) is 33.3. The smallest absolute Gasteiger partial charge is 0.306 e. The average molecular weight is 879 g/mol. The van der Waals surface area contributed by atoms with E-state index in [9.17, 15) is 30.0 Å². The fourth-order valence-corrected chi connectivity index (χ4v) is 6.14. The van der Waals surface area contributed by atoms with Gasteiger partial charge >= 0.3 is 11.9 Å². The molecule has 0 aromatic rings. The van der Waals surface area contributed by atoms with Gasteiger partial charge in [0.2, 0.25) is 0 Å². The highest BCUT2D eigenvalue weighted by molar-refractivity contribution is 5.70. The summed E-state index contributed by atoms with van der Waals surface area (Å²) in [5, 5.41) is 40.1. The molecule has 1 aliphatic rings. The molecule has 1 rings (SSSR count). The lowest BCUT2D eigenvalue weighted by Crippen LogP contribution is -2.59. The van der Waals surface area contributed by atoms with Gasteiger partial charge in [-0.2, -0.15) is 0 Å². The first kappa shape index (κ1) is 57.1. The number of ether oxygens (including phenoxy) is 4. The van der Waals surface area contributed by atoms with Gasteiger partial charge in [-0.1, -0.05) is 155 Å². The summed E-state index contributed by atoms with van der Waals surface area (Å²) >= 11 is 0. The van der Waals surface area contributed by atoms with E-state index in [0.717, 1.165) is 77.0 Å². The van der Waals surface area contributed by atoms with Gasteiger partial charge in [0.25, 0.3) is 0 Å². The topological polar surface area (TPSA) is 152 Å². The van der Waals surface area contributed by atoms with Crippen molar-refractivity contribution in [2.24, 2.45) is 0 Å². The Labute approximate surface area is 380 Å². The first-order valence-electron chi connectivity index (χ1n) is 23.6. The number of carbonyl (C=O) groups excluding carboxylic acids is 2. The van der Waals surface area contributed by atoms with Crippen molar-refractivity contribution in [3.8, 4) is 0 Å². The molecular weight excluding hydrogens is 797 g/mol. The number of allylic oxidation sites excluding steroid dienone is 20. The van der Waals surface area contributed by atoms with E-state index < -0.39 is 55.4 Å². The maximum Gasteiger partial charge on any atom is 0.306 e. The van der Waals surface area contributed by atoms with E-state index in [1.165, 1.54) is 25.7 Å². The predicted molar refractivity (Wildman–Crippen MR) is 256 cm³/mol. The van der Waals surface area contributed by atoms with Crippen molar-refractivity contribution >= 4 is 11.9 Å². The van der Waals surface area contributed by atoms with Crippen LogP contribution in [-0.4, -0.2) is 89.0 Å². The van der Waals surface area contributed by atoms with Crippen molar-refractivity contribution in [3.05, 3.63) is 122 Å². The lowest BCUT2D eigenvalue weighted by molar-refractivity contribution is -0.305. The minimum Gasteiger partial charge on any atom is -0.462 e. The predicted octanol–water partition coefficient (Wildman–Crippen LogP) is 10.7. The Morgan fingerprint density at radius 1 is 0.508 bits per heavy atom. The molecule has 0 aliphatic carbocycles. The van der Waals surface area contributed by atoms with Crippen LogP contribution in [0.3, 0.4) is 0 Å².